The summed E-state index contributed by atoms with van der Waals surface area (Å²) in [5.41, 5.74) is 0. The maximum Gasteiger partial charge on any atom is 0.191 e. The molecule has 0 aromatic carbocycles. The Hall–Kier alpha value is -0.810. The number of hydrogen-bond donors (Lipinski definition) is 2. The Morgan fingerprint density at radius 2 is 1.88 bits per heavy atom. The van der Waals surface area contributed by atoms with Crippen LogP contribution in [0.3, 0.4) is 0 Å². The number of nitrogens with one attached hydrogen (secondary N) is 2. The zero-order valence-corrected chi connectivity index (χ0v) is 15.4. The Kier molecular flexibility index (Phi) is 7.21. The first kappa shape index (κ1) is 18.0. The molecular formula is C19H36N4O. The van der Waals surface area contributed by atoms with Gasteiger partial charge >= 0.3 is 0 Å². The highest BCUT2D eigenvalue weighted by Crippen LogP contribution is 2.34. The second kappa shape index (κ2) is 9.62. The van der Waals surface area contributed by atoms with Crippen LogP contribution in [0.5, 0.6) is 0 Å². The molecule has 3 aliphatic rings. The van der Waals surface area contributed by atoms with E-state index in [9.17, 15) is 0 Å². The molecule has 5 nitrogen and oxygen atoms in total. The molecule has 0 unspecified atom stereocenters. The molecule has 0 spiro atoms. The van der Waals surface area contributed by atoms with Crippen molar-refractivity contribution in [2.24, 2.45) is 16.8 Å². The van der Waals surface area contributed by atoms with Gasteiger partial charge in [-0.3, -0.25) is 9.89 Å². The van der Waals surface area contributed by atoms with Crippen molar-refractivity contribution in [2.75, 3.05) is 45.9 Å². The quantitative estimate of drug-likeness (QED) is 0.308. The first-order valence-corrected chi connectivity index (χ1v) is 10.2. The fourth-order valence-electron chi connectivity index (χ4n) is 3.05. The van der Waals surface area contributed by atoms with Gasteiger partial charge in [-0.05, 0) is 63.7 Å². The zero-order chi connectivity index (χ0) is 16.6. The molecule has 0 bridgehead atoms. The minimum absolute atomic E-state index is 0.842. The summed E-state index contributed by atoms with van der Waals surface area (Å²) in [6.07, 6.45) is 9.45. The third-order valence-electron chi connectivity index (χ3n) is 5.06. The Morgan fingerprint density at radius 3 is 2.54 bits per heavy atom. The molecule has 0 atom stereocenters. The Balaban J connectivity index is 1.27. The van der Waals surface area contributed by atoms with Crippen molar-refractivity contribution in [1.29, 1.82) is 0 Å². The molecule has 0 aromatic heterocycles. The minimum atomic E-state index is 0.842. The molecular weight excluding hydrogens is 300 g/mol. The molecule has 0 heterocycles. The Bertz CT molecular complexity index is 389. The lowest BCUT2D eigenvalue weighted by Gasteiger charge is -2.22. The minimum Gasteiger partial charge on any atom is -0.381 e. The molecule has 0 saturated heterocycles. The van der Waals surface area contributed by atoms with Gasteiger partial charge in [0.1, 0.15) is 0 Å². The number of hydrogen-bond acceptors (Lipinski definition) is 3. The first-order valence-electron chi connectivity index (χ1n) is 10.2. The molecule has 0 radical (unpaired) electrons. The molecule has 3 rings (SSSR count). The average Bonchev–Trinajstić information content (AvgIpc) is 3.43. The van der Waals surface area contributed by atoms with Gasteiger partial charge in [0.05, 0.1) is 0 Å². The fraction of sp³-hybridized carbons (Fsp3) is 0.947. The summed E-state index contributed by atoms with van der Waals surface area (Å²) >= 11 is 0. The van der Waals surface area contributed by atoms with Gasteiger partial charge in [0.25, 0.3) is 0 Å². The second-order valence-electron chi connectivity index (χ2n) is 7.73. The molecule has 0 aromatic rings. The lowest BCUT2D eigenvalue weighted by molar-refractivity contribution is 0.123. The summed E-state index contributed by atoms with van der Waals surface area (Å²) in [7, 11) is 0. The summed E-state index contributed by atoms with van der Waals surface area (Å²) in [5.74, 6) is 2.81. The third kappa shape index (κ3) is 7.39. The lowest BCUT2D eigenvalue weighted by Crippen LogP contribution is -2.42. The van der Waals surface area contributed by atoms with E-state index in [0.717, 1.165) is 69.7 Å². The molecule has 5 heteroatoms. The van der Waals surface area contributed by atoms with Crippen molar-refractivity contribution in [1.82, 2.24) is 15.5 Å². The summed E-state index contributed by atoms with van der Waals surface area (Å²) < 4.78 is 5.67. The fourth-order valence-corrected chi connectivity index (χ4v) is 3.05. The van der Waals surface area contributed by atoms with Gasteiger partial charge in [-0.2, -0.15) is 0 Å². The van der Waals surface area contributed by atoms with Crippen molar-refractivity contribution in [3.8, 4) is 0 Å². The number of nitrogens with zero attached hydrogens (tertiary/aromatic N) is 2. The molecule has 2 N–H and O–H groups in total. The van der Waals surface area contributed by atoms with E-state index in [1.54, 1.807) is 0 Å². The molecule has 0 aliphatic heterocycles. The van der Waals surface area contributed by atoms with Crippen LogP contribution in [0, 0.1) is 11.8 Å². The van der Waals surface area contributed by atoms with Crippen molar-refractivity contribution in [3.63, 3.8) is 0 Å². The third-order valence-corrected chi connectivity index (χ3v) is 5.06. The highest BCUT2D eigenvalue weighted by molar-refractivity contribution is 5.79. The van der Waals surface area contributed by atoms with E-state index in [4.69, 9.17) is 4.74 Å². The lowest BCUT2D eigenvalue weighted by atomic mass is 10.3. The molecule has 3 aliphatic carbocycles. The molecule has 24 heavy (non-hydrogen) atoms. The number of aliphatic imine (C=N–C) groups is 1. The van der Waals surface area contributed by atoms with E-state index in [-0.39, 0.29) is 0 Å². The number of ether oxygens (including phenoxy) is 1. The maximum absolute atomic E-state index is 5.67. The Morgan fingerprint density at radius 1 is 1.08 bits per heavy atom. The highest BCUT2D eigenvalue weighted by atomic mass is 16.5. The topological polar surface area (TPSA) is 48.9 Å². The van der Waals surface area contributed by atoms with E-state index in [2.05, 4.69) is 27.4 Å². The van der Waals surface area contributed by atoms with Gasteiger partial charge in [0.2, 0.25) is 0 Å². The predicted molar refractivity (Wildman–Crippen MR) is 99.5 cm³/mol. The van der Waals surface area contributed by atoms with Crippen LogP contribution in [0.15, 0.2) is 4.99 Å². The number of rotatable bonds is 13. The molecule has 3 saturated carbocycles. The first-order chi connectivity index (χ1) is 11.8. The van der Waals surface area contributed by atoms with Crippen molar-refractivity contribution in [3.05, 3.63) is 0 Å². The van der Waals surface area contributed by atoms with Gasteiger partial charge in [0, 0.05) is 52.0 Å². The van der Waals surface area contributed by atoms with Gasteiger partial charge in [0.15, 0.2) is 5.96 Å². The zero-order valence-electron chi connectivity index (χ0n) is 15.4. The van der Waals surface area contributed by atoms with E-state index < -0.39 is 0 Å². The van der Waals surface area contributed by atoms with E-state index in [0.29, 0.717) is 0 Å². The van der Waals surface area contributed by atoms with Gasteiger partial charge < -0.3 is 15.4 Å². The van der Waals surface area contributed by atoms with Crippen LogP contribution < -0.4 is 10.6 Å². The maximum atomic E-state index is 5.67. The summed E-state index contributed by atoms with van der Waals surface area (Å²) in [5, 5.41) is 6.86. The van der Waals surface area contributed by atoms with Crippen LogP contribution in [0.1, 0.15) is 51.9 Å². The van der Waals surface area contributed by atoms with Gasteiger partial charge in [-0.1, -0.05) is 0 Å². The van der Waals surface area contributed by atoms with Crippen molar-refractivity contribution >= 4 is 5.96 Å². The van der Waals surface area contributed by atoms with Crippen molar-refractivity contribution in [2.45, 2.75) is 57.9 Å². The van der Waals surface area contributed by atoms with Crippen LogP contribution in [0.25, 0.3) is 0 Å². The molecule has 0 amide bonds. The SMILES string of the molecule is CCNC(=NCCCOCC1CC1)NCCN(CC1CC1)C1CC1. The summed E-state index contributed by atoms with van der Waals surface area (Å²) in [4.78, 5) is 7.37. The van der Waals surface area contributed by atoms with Gasteiger partial charge in [-0.15, -0.1) is 0 Å². The average molecular weight is 337 g/mol. The van der Waals surface area contributed by atoms with Crippen LogP contribution in [-0.4, -0.2) is 62.8 Å². The normalized spacial score (nSPS) is 21.3. The standard InChI is InChI=1S/C19H36N4O/c1-2-20-19(21-10-3-13-24-15-17-6-7-17)22-11-12-23(18-8-9-18)14-16-4-5-16/h16-18H,2-15H2,1H3,(H2,20,21,22). The van der Waals surface area contributed by atoms with Crippen LogP contribution in [0.4, 0.5) is 0 Å². The van der Waals surface area contributed by atoms with Crippen LogP contribution in [-0.2, 0) is 4.74 Å². The largest absolute Gasteiger partial charge is 0.381 e. The molecule has 138 valence electrons. The molecule has 3 fully saturated rings. The van der Waals surface area contributed by atoms with Crippen molar-refractivity contribution < 1.29 is 4.74 Å². The van der Waals surface area contributed by atoms with E-state index in [1.807, 2.05) is 0 Å². The smallest absolute Gasteiger partial charge is 0.191 e. The Labute approximate surface area is 147 Å². The monoisotopic (exact) mass is 336 g/mol. The van der Waals surface area contributed by atoms with Crippen LogP contribution >= 0.6 is 0 Å². The van der Waals surface area contributed by atoms with Gasteiger partial charge in [-0.25, -0.2) is 0 Å². The predicted octanol–water partition coefficient (Wildman–Crippen LogP) is 2.23. The number of guanidine groups is 1. The summed E-state index contributed by atoms with van der Waals surface area (Å²) in [6.45, 7) is 9.14. The van der Waals surface area contributed by atoms with E-state index >= 15 is 0 Å². The summed E-state index contributed by atoms with van der Waals surface area (Å²) in [6, 6.07) is 0.871. The highest BCUT2D eigenvalue weighted by Gasteiger charge is 2.33. The van der Waals surface area contributed by atoms with E-state index in [1.165, 1.54) is 45.1 Å². The second-order valence-corrected chi connectivity index (χ2v) is 7.73. The van der Waals surface area contributed by atoms with Crippen LogP contribution in [0.2, 0.25) is 0 Å².